The molecule has 0 spiro atoms. The average molecular weight is 320 g/mol. The number of ether oxygens (including phenoxy) is 2. The number of thiophene rings is 1. The standard InChI is InChI=1S/C15H16N2O4S/c1-15(19,13-3-2-6-22-13)8-16-14(18)17-10-4-5-11-12(7-10)21-9-20-11/h2-7,19H,8-9H2,1H3,(H2,16,17,18)/t15-/m1/s1. The van der Waals surface area contributed by atoms with E-state index in [1.807, 2.05) is 17.5 Å². The number of rotatable bonds is 4. The van der Waals surface area contributed by atoms with E-state index in [2.05, 4.69) is 10.6 Å². The third-order valence-corrected chi connectivity index (χ3v) is 4.40. The molecule has 1 aromatic carbocycles. The zero-order valence-electron chi connectivity index (χ0n) is 12.0. The van der Waals surface area contributed by atoms with E-state index in [-0.39, 0.29) is 13.3 Å². The van der Waals surface area contributed by atoms with Crippen molar-refractivity contribution in [1.82, 2.24) is 5.32 Å². The Morgan fingerprint density at radius 1 is 1.36 bits per heavy atom. The second-order valence-electron chi connectivity index (χ2n) is 5.13. The molecule has 3 rings (SSSR count). The van der Waals surface area contributed by atoms with Crippen LogP contribution in [0.3, 0.4) is 0 Å². The molecule has 0 saturated carbocycles. The summed E-state index contributed by atoms with van der Waals surface area (Å²) in [5.41, 5.74) is -0.502. The normalized spacial score (nSPS) is 15.2. The van der Waals surface area contributed by atoms with Gasteiger partial charge in [-0.1, -0.05) is 6.07 Å². The summed E-state index contributed by atoms with van der Waals surface area (Å²) >= 11 is 1.45. The molecule has 1 aliphatic heterocycles. The lowest BCUT2D eigenvalue weighted by atomic mass is 10.1. The predicted molar refractivity (Wildman–Crippen MR) is 83.5 cm³/mol. The van der Waals surface area contributed by atoms with Crippen LogP contribution >= 0.6 is 11.3 Å². The number of nitrogens with one attached hydrogen (secondary N) is 2. The molecule has 1 aliphatic rings. The highest BCUT2D eigenvalue weighted by molar-refractivity contribution is 7.10. The second kappa shape index (κ2) is 5.86. The van der Waals surface area contributed by atoms with Crippen molar-refractivity contribution >= 4 is 23.1 Å². The molecule has 2 heterocycles. The molecule has 0 saturated heterocycles. The summed E-state index contributed by atoms with van der Waals surface area (Å²) in [5.74, 6) is 1.26. The first-order valence-corrected chi connectivity index (χ1v) is 7.63. The fraction of sp³-hybridized carbons (Fsp3) is 0.267. The van der Waals surface area contributed by atoms with E-state index in [1.54, 1.807) is 25.1 Å². The monoisotopic (exact) mass is 320 g/mol. The molecule has 0 radical (unpaired) electrons. The van der Waals surface area contributed by atoms with Gasteiger partial charge in [-0.25, -0.2) is 4.79 Å². The largest absolute Gasteiger partial charge is 0.454 e. The molecule has 2 amide bonds. The number of urea groups is 1. The maximum atomic E-state index is 11.9. The third-order valence-electron chi connectivity index (χ3n) is 3.28. The summed E-state index contributed by atoms with van der Waals surface area (Å²) < 4.78 is 10.5. The van der Waals surface area contributed by atoms with Crippen LogP contribution in [-0.2, 0) is 5.60 Å². The predicted octanol–water partition coefficient (Wildman–Crippen LogP) is 2.51. The minimum absolute atomic E-state index is 0.115. The van der Waals surface area contributed by atoms with Crippen LogP contribution in [0.5, 0.6) is 11.5 Å². The molecular weight excluding hydrogens is 304 g/mol. The number of aliphatic hydroxyl groups is 1. The maximum Gasteiger partial charge on any atom is 0.319 e. The molecule has 2 aromatic rings. The number of amides is 2. The Morgan fingerprint density at radius 2 is 2.18 bits per heavy atom. The van der Waals surface area contributed by atoms with Crippen LogP contribution in [0.25, 0.3) is 0 Å². The van der Waals surface area contributed by atoms with Crippen molar-refractivity contribution in [3.8, 4) is 11.5 Å². The van der Waals surface area contributed by atoms with Crippen molar-refractivity contribution in [2.24, 2.45) is 0 Å². The summed E-state index contributed by atoms with van der Waals surface area (Å²) in [6, 6.07) is 8.46. The molecule has 6 nitrogen and oxygen atoms in total. The van der Waals surface area contributed by atoms with Gasteiger partial charge in [0, 0.05) is 16.6 Å². The van der Waals surface area contributed by atoms with Crippen LogP contribution in [0.4, 0.5) is 10.5 Å². The van der Waals surface area contributed by atoms with Gasteiger partial charge in [0.25, 0.3) is 0 Å². The van der Waals surface area contributed by atoms with Crippen molar-refractivity contribution < 1.29 is 19.4 Å². The number of anilines is 1. The van der Waals surface area contributed by atoms with E-state index in [1.165, 1.54) is 11.3 Å². The second-order valence-corrected chi connectivity index (χ2v) is 6.07. The highest BCUT2D eigenvalue weighted by Crippen LogP contribution is 2.34. The lowest BCUT2D eigenvalue weighted by Crippen LogP contribution is -2.40. The summed E-state index contributed by atoms with van der Waals surface area (Å²) in [6.07, 6.45) is 0. The Labute approximate surface area is 131 Å². The van der Waals surface area contributed by atoms with Crippen LogP contribution < -0.4 is 20.1 Å². The van der Waals surface area contributed by atoms with E-state index in [4.69, 9.17) is 9.47 Å². The highest BCUT2D eigenvalue weighted by Gasteiger charge is 2.25. The Bertz CT molecular complexity index is 670. The Morgan fingerprint density at radius 3 is 2.95 bits per heavy atom. The molecule has 0 aliphatic carbocycles. The fourth-order valence-electron chi connectivity index (χ4n) is 2.07. The Hall–Kier alpha value is -2.25. The van der Waals surface area contributed by atoms with Crippen LogP contribution in [0.2, 0.25) is 0 Å². The van der Waals surface area contributed by atoms with Crippen molar-refractivity contribution in [2.75, 3.05) is 18.7 Å². The highest BCUT2D eigenvalue weighted by atomic mass is 32.1. The van der Waals surface area contributed by atoms with E-state index in [0.717, 1.165) is 4.88 Å². The van der Waals surface area contributed by atoms with Gasteiger partial charge in [0.2, 0.25) is 6.79 Å². The lowest BCUT2D eigenvalue weighted by molar-refractivity contribution is 0.0637. The van der Waals surface area contributed by atoms with Gasteiger partial charge < -0.3 is 25.2 Å². The number of hydrogen-bond donors (Lipinski definition) is 3. The first-order valence-electron chi connectivity index (χ1n) is 6.75. The van der Waals surface area contributed by atoms with Crippen LogP contribution in [0.15, 0.2) is 35.7 Å². The van der Waals surface area contributed by atoms with Gasteiger partial charge in [-0.05, 0) is 30.5 Å². The smallest absolute Gasteiger partial charge is 0.319 e. The van der Waals surface area contributed by atoms with Gasteiger partial charge in [0.15, 0.2) is 11.5 Å². The summed E-state index contributed by atoms with van der Waals surface area (Å²) in [6.45, 7) is 1.97. The van der Waals surface area contributed by atoms with Crippen LogP contribution in [0, 0.1) is 0 Å². The van der Waals surface area contributed by atoms with E-state index in [0.29, 0.717) is 17.2 Å². The molecular formula is C15H16N2O4S. The molecule has 1 atom stereocenters. The third kappa shape index (κ3) is 3.15. The van der Waals surface area contributed by atoms with Crippen molar-refractivity contribution in [1.29, 1.82) is 0 Å². The molecule has 3 N–H and O–H groups in total. The minimum atomic E-state index is -1.10. The van der Waals surface area contributed by atoms with E-state index >= 15 is 0 Å². The van der Waals surface area contributed by atoms with Gasteiger partial charge in [0.1, 0.15) is 5.60 Å². The number of carbonyl (C=O) groups is 1. The Balaban J connectivity index is 1.57. The van der Waals surface area contributed by atoms with E-state index in [9.17, 15) is 9.90 Å². The van der Waals surface area contributed by atoms with Crippen LogP contribution in [-0.4, -0.2) is 24.5 Å². The zero-order valence-corrected chi connectivity index (χ0v) is 12.8. The topological polar surface area (TPSA) is 79.8 Å². The van der Waals surface area contributed by atoms with Crippen molar-refractivity contribution in [3.05, 3.63) is 40.6 Å². The number of carbonyl (C=O) groups excluding carboxylic acids is 1. The molecule has 1 aromatic heterocycles. The number of fused-ring (bicyclic) bond motifs is 1. The lowest BCUT2D eigenvalue weighted by Gasteiger charge is -2.22. The quantitative estimate of drug-likeness (QED) is 0.808. The average Bonchev–Trinajstić information content (AvgIpc) is 3.16. The summed E-state index contributed by atoms with van der Waals surface area (Å²) in [4.78, 5) is 12.7. The minimum Gasteiger partial charge on any atom is -0.454 e. The first kappa shape index (κ1) is 14.7. The van der Waals surface area contributed by atoms with Gasteiger partial charge in [-0.15, -0.1) is 11.3 Å². The SMILES string of the molecule is C[C@@](O)(CNC(=O)Nc1ccc2c(c1)OCO2)c1cccs1. The van der Waals surface area contributed by atoms with Crippen LogP contribution in [0.1, 0.15) is 11.8 Å². The molecule has 22 heavy (non-hydrogen) atoms. The fourth-order valence-corrected chi connectivity index (χ4v) is 2.86. The summed E-state index contributed by atoms with van der Waals surface area (Å²) in [7, 11) is 0. The summed E-state index contributed by atoms with van der Waals surface area (Å²) in [5, 5.41) is 17.6. The maximum absolute atomic E-state index is 11.9. The van der Waals surface area contributed by atoms with Crippen molar-refractivity contribution in [2.45, 2.75) is 12.5 Å². The van der Waals surface area contributed by atoms with E-state index < -0.39 is 11.6 Å². The molecule has 0 fully saturated rings. The first-order chi connectivity index (χ1) is 10.5. The van der Waals surface area contributed by atoms with Gasteiger partial charge in [0.05, 0.1) is 6.54 Å². The zero-order chi connectivity index (χ0) is 15.6. The number of hydrogen-bond acceptors (Lipinski definition) is 5. The molecule has 0 unspecified atom stereocenters. The Kier molecular flexibility index (Phi) is 3.91. The molecule has 7 heteroatoms. The van der Waals surface area contributed by atoms with Gasteiger partial charge >= 0.3 is 6.03 Å². The van der Waals surface area contributed by atoms with Gasteiger partial charge in [-0.2, -0.15) is 0 Å². The van der Waals surface area contributed by atoms with Gasteiger partial charge in [-0.3, -0.25) is 0 Å². The number of benzene rings is 1. The van der Waals surface area contributed by atoms with Crippen molar-refractivity contribution in [3.63, 3.8) is 0 Å². The molecule has 116 valence electrons. The molecule has 0 bridgehead atoms.